The summed E-state index contributed by atoms with van der Waals surface area (Å²) in [5.74, 6) is -0.0220. The van der Waals surface area contributed by atoms with Crippen LogP contribution in [0.3, 0.4) is 0 Å². The molecule has 0 saturated heterocycles. The number of hydrogen-bond donors (Lipinski definition) is 2. The number of nitrogens with zero attached hydrogens (tertiary/aromatic N) is 1. The lowest BCUT2D eigenvalue weighted by atomic mass is 9.81. The number of carbonyl (C=O) groups excluding carboxylic acids is 1. The highest BCUT2D eigenvalue weighted by Crippen LogP contribution is 2.30. The van der Waals surface area contributed by atoms with Crippen molar-refractivity contribution in [1.29, 1.82) is 0 Å². The van der Waals surface area contributed by atoms with Gasteiger partial charge in [0.25, 0.3) is 0 Å². The van der Waals surface area contributed by atoms with E-state index in [2.05, 4.69) is 33.0 Å². The van der Waals surface area contributed by atoms with Gasteiger partial charge in [-0.2, -0.15) is 0 Å². The van der Waals surface area contributed by atoms with Crippen LogP contribution in [0, 0.1) is 17.3 Å². The van der Waals surface area contributed by atoms with E-state index in [4.69, 9.17) is 5.11 Å². The average molecular weight is 270 g/mol. The summed E-state index contributed by atoms with van der Waals surface area (Å²) in [6.07, 6.45) is 2.20. The highest BCUT2D eigenvalue weighted by atomic mass is 16.4. The van der Waals surface area contributed by atoms with Gasteiger partial charge in [0.1, 0.15) is 6.54 Å². The van der Waals surface area contributed by atoms with Crippen LogP contribution in [0.25, 0.3) is 0 Å². The first-order valence-corrected chi connectivity index (χ1v) is 6.97. The van der Waals surface area contributed by atoms with Gasteiger partial charge in [0.2, 0.25) is 0 Å². The Morgan fingerprint density at radius 1 is 1.37 bits per heavy atom. The molecule has 0 unspecified atom stereocenters. The topological polar surface area (TPSA) is 69.6 Å². The molecule has 0 aliphatic heterocycles. The first-order valence-electron chi connectivity index (χ1n) is 6.97. The molecule has 1 aliphatic rings. The van der Waals surface area contributed by atoms with E-state index in [-0.39, 0.29) is 18.0 Å². The van der Waals surface area contributed by atoms with E-state index in [0.717, 1.165) is 12.8 Å². The minimum absolute atomic E-state index is 0.00410. The van der Waals surface area contributed by atoms with Gasteiger partial charge in [0.05, 0.1) is 0 Å². The molecule has 0 radical (unpaired) electrons. The predicted molar refractivity (Wildman–Crippen MR) is 74.0 cm³/mol. The maximum absolute atomic E-state index is 12.1. The Hall–Kier alpha value is -1.26. The van der Waals surface area contributed by atoms with E-state index in [1.165, 1.54) is 4.90 Å². The Morgan fingerprint density at radius 2 is 1.95 bits per heavy atom. The van der Waals surface area contributed by atoms with Crippen LogP contribution in [0.15, 0.2) is 0 Å². The number of hydrogen-bond acceptors (Lipinski definition) is 2. The van der Waals surface area contributed by atoms with Gasteiger partial charge >= 0.3 is 12.0 Å². The second-order valence-corrected chi connectivity index (χ2v) is 6.52. The van der Waals surface area contributed by atoms with Gasteiger partial charge in [-0.3, -0.25) is 4.79 Å². The van der Waals surface area contributed by atoms with Crippen LogP contribution in [0.5, 0.6) is 0 Å². The third-order valence-electron chi connectivity index (χ3n) is 4.05. The Bertz CT molecular complexity index is 336. The number of carbonyl (C=O) groups is 2. The van der Waals surface area contributed by atoms with Gasteiger partial charge in [-0.15, -0.1) is 0 Å². The largest absolute Gasteiger partial charge is 0.480 e. The van der Waals surface area contributed by atoms with Crippen molar-refractivity contribution in [3.8, 4) is 0 Å². The summed E-state index contributed by atoms with van der Waals surface area (Å²) in [5, 5.41) is 11.7. The lowest BCUT2D eigenvalue weighted by molar-refractivity contribution is -0.137. The summed E-state index contributed by atoms with van der Waals surface area (Å²) >= 11 is 0. The smallest absolute Gasteiger partial charge is 0.323 e. The molecule has 0 aromatic carbocycles. The van der Waals surface area contributed by atoms with Crippen LogP contribution >= 0.6 is 0 Å². The molecule has 5 heteroatoms. The molecule has 0 aromatic rings. The van der Waals surface area contributed by atoms with Crippen LogP contribution in [-0.2, 0) is 4.79 Å². The number of carboxylic acid groups (broad SMARTS) is 1. The minimum Gasteiger partial charge on any atom is -0.480 e. The second-order valence-electron chi connectivity index (χ2n) is 6.52. The molecule has 2 amide bonds. The van der Waals surface area contributed by atoms with Crippen molar-refractivity contribution in [2.24, 2.45) is 17.3 Å². The predicted octanol–water partition coefficient (Wildman–Crippen LogP) is 2.17. The molecule has 5 nitrogen and oxygen atoms in total. The quantitative estimate of drug-likeness (QED) is 0.745. The van der Waals surface area contributed by atoms with Gasteiger partial charge in [-0.1, -0.05) is 27.7 Å². The lowest BCUT2D eigenvalue weighted by Gasteiger charge is -2.31. The van der Waals surface area contributed by atoms with Crippen molar-refractivity contribution in [2.45, 2.75) is 40.5 Å². The first-order chi connectivity index (χ1) is 8.72. The van der Waals surface area contributed by atoms with Gasteiger partial charge in [-0.05, 0) is 30.1 Å². The summed E-state index contributed by atoms with van der Waals surface area (Å²) in [5.41, 5.74) is 0.00410. The maximum Gasteiger partial charge on any atom is 0.323 e. The zero-order valence-corrected chi connectivity index (χ0v) is 12.4. The fourth-order valence-corrected chi connectivity index (χ4v) is 1.61. The third-order valence-corrected chi connectivity index (χ3v) is 4.05. The number of aliphatic carboxylic acids is 1. The molecule has 0 spiro atoms. The summed E-state index contributed by atoms with van der Waals surface area (Å²) in [6, 6.07) is -0.261. The van der Waals surface area contributed by atoms with E-state index in [1.54, 1.807) is 0 Å². The van der Waals surface area contributed by atoms with Crippen LogP contribution in [-0.4, -0.2) is 41.6 Å². The molecule has 1 rings (SSSR count). The number of rotatable bonds is 7. The maximum atomic E-state index is 12.1. The molecule has 110 valence electrons. The number of nitrogens with one attached hydrogen (secondary N) is 1. The lowest BCUT2D eigenvalue weighted by Crippen LogP contribution is -2.47. The van der Waals surface area contributed by atoms with E-state index >= 15 is 0 Å². The SMILES string of the molecule is CC(C)C(C)(C)CNC(=O)N(CC(=O)O)CC1CC1. The van der Waals surface area contributed by atoms with Gasteiger partial charge in [-0.25, -0.2) is 4.79 Å². The van der Waals surface area contributed by atoms with Crippen molar-refractivity contribution < 1.29 is 14.7 Å². The molecule has 1 aliphatic carbocycles. The average Bonchev–Trinajstić information content (AvgIpc) is 3.08. The molecule has 19 heavy (non-hydrogen) atoms. The standard InChI is InChI=1S/C14H26N2O3/c1-10(2)14(3,4)9-15-13(19)16(8-12(17)18)7-11-5-6-11/h10-11H,5-9H2,1-4H3,(H,15,19)(H,17,18). The van der Waals surface area contributed by atoms with Crippen LogP contribution < -0.4 is 5.32 Å². The number of urea groups is 1. The Morgan fingerprint density at radius 3 is 2.37 bits per heavy atom. The molecular weight excluding hydrogens is 244 g/mol. The molecule has 0 atom stereocenters. The summed E-state index contributed by atoms with van der Waals surface area (Å²) in [4.78, 5) is 24.3. The fraction of sp³-hybridized carbons (Fsp3) is 0.857. The Labute approximate surface area is 115 Å². The first kappa shape index (κ1) is 15.8. The third kappa shape index (κ3) is 5.49. The van der Waals surface area contributed by atoms with Crippen molar-refractivity contribution >= 4 is 12.0 Å². The molecule has 1 saturated carbocycles. The van der Waals surface area contributed by atoms with Crippen LogP contribution in [0.1, 0.15) is 40.5 Å². The number of carboxylic acids is 1. The van der Waals surface area contributed by atoms with Crippen molar-refractivity contribution in [1.82, 2.24) is 10.2 Å². The Balaban J connectivity index is 2.48. The summed E-state index contributed by atoms with van der Waals surface area (Å²) in [6.45, 7) is 9.33. The minimum atomic E-state index is -0.959. The molecule has 0 aromatic heterocycles. The van der Waals surface area contributed by atoms with Gasteiger partial charge in [0.15, 0.2) is 0 Å². The molecular formula is C14H26N2O3. The number of amides is 2. The highest BCUT2D eigenvalue weighted by molar-refractivity contribution is 5.80. The van der Waals surface area contributed by atoms with Crippen molar-refractivity contribution in [3.63, 3.8) is 0 Å². The molecule has 0 bridgehead atoms. The zero-order chi connectivity index (χ0) is 14.6. The van der Waals surface area contributed by atoms with E-state index in [9.17, 15) is 9.59 Å². The summed E-state index contributed by atoms with van der Waals surface area (Å²) < 4.78 is 0. The van der Waals surface area contributed by atoms with E-state index < -0.39 is 5.97 Å². The molecule has 1 fully saturated rings. The fourth-order valence-electron chi connectivity index (χ4n) is 1.61. The highest BCUT2D eigenvalue weighted by Gasteiger charge is 2.29. The molecule has 0 heterocycles. The van der Waals surface area contributed by atoms with Gasteiger partial charge < -0.3 is 15.3 Å². The van der Waals surface area contributed by atoms with Gasteiger partial charge in [0, 0.05) is 13.1 Å². The monoisotopic (exact) mass is 270 g/mol. The Kier molecular flexibility index (Phi) is 5.20. The second kappa shape index (κ2) is 6.26. The van der Waals surface area contributed by atoms with E-state index in [0.29, 0.717) is 24.9 Å². The summed E-state index contributed by atoms with van der Waals surface area (Å²) in [7, 11) is 0. The van der Waals surface area contributed by atoms with Crippen LogP contribution in [0.2, 0.25) is 0 Å². The van der Waals surface area contributed by atoms with E-state index in [1.807, 2.05) is 0 Å². The van der Waals surface area contributed by atoms with Crippen molar-refractivity contribution in [3.05, 3.63) is 0 Å². The zero-order valence-electron chi connectivity index (χ0n) is 12.4. The molecule has 2 N–H and O–H groups in total. The van der Waals surface area contributed by atoms with Crippen LogP contribution in [0.4, 0.5) is 4.79 Å². The van der Waals surface area contributed by atoms with Crippen molar-refractivity contribution in [2.75, 3.05) is 19.6 Å². The normalized spacial score (nSPS) is 15.4.